The number of aryl methyl sites for hydroxylation is 1. The molecular weight excluding hydrogens is 408 g/mol. The summed E-state index contributed by atoms with van der Waals surface area (Å²) in [7, 11) is -3.76. The Balaban J connectivity index is 1.81. The third kappa shape index (κ3) is 5.03. The second-order valence-electron chi connectivity index (χ2n) is 6.38. The molecule has 156 valence electrons. The fourth-order valence-corrected chi connectivity index (χ4v) is 3.69. The summed E-state index contributed by atoms with van der Waals surface area (Å²) in [6.07, 6.45) is 1.11. The quantitative estimate of drug-likeness (QED) is 0.404. The number of hydrogen-bond donors (Lipinski definition) is 2. The molecule has 0 amide bonds. The summed E-state index contributed by atoms with van der Waals surface area (Å²) in [4.78, 5) is 14.7. The Bertz CT molecular complexity index is 1160. The molecule has 0 atom stereocenters. The van der Waals surface area contributed by atoms with E-state index >= 15 is 0 Å². The highest BCUT2D eigenvalue weighted by Gasteiger charge is 2.17. The molecule has 30 heavy (non-hydrogen) atoms. The molecule has 0 spiro atoms. The van der Waals surface area contributed by atoms with Crippen LogP contribution in [0.25, 0.3) is 0 Å². The van der Waals surface area contributed by atoms with Gasteiger partial charge in [0.05, 0.1) is 15.5 Å². The van der Waals surface area contributed by atoms with Crippen molar-refractivity contribution in [1.82, 2.24) is 4.98 Å². The monoisotopic (exact) mass is 428 g/mol. The molecule has 0 unspecified atom stereocenters. The first-order valence-corrected chi connectivity index (χ1v) is 10.5. The molecule has 1 aromatic heterocycles. The predicted molar refractivity (Wildman–Crippen MR) is 114 cm³/mol. The maximum Gasteiger partial charge on any atom is 0.310 e. The first kappa shape index (κ1) is 21.1. The van der Waals surface area contributed by atoms with Crippen molar-refractivity contribution in [3.8, 4) is 11.6 Å². The van der Waals surface area contributed by atoms with Crippen LogP contribution in [0.2, 0.25) is 0 Å². The topological polar surface area (TPSA) is 123 Å². The van der Waals surface area contributed by atoms with Gasteiger partial charge in [0.1, 0.15) is 17.6 Å². The van der Waals surface area contributed by atoms with Crippen molar-refractivity contribution < 1.29 is 18.1 Å². The van der Waals surface area contributed by atoms with Crippen molar-refractivity contribution in [3.05, 3.63) is 76.5 Å². The molecule has 1 heterocycles. The van der Waals surface area contributed by atoms with Crippen LogP contribution in [-0.2, 0) is 10.0 Å². The standard InChI is InChI=1S/C20H20N4O5S/c1-3-21-18-12-20(22-13-19(18)24(25)26)29-16-6-4-5-15(11-16)23-30(27,28)17-9-7-14(2)8-10-17/h4-13,23H,3H2,1-2H3,(H,21,22). The maximum absolute atomic E-state index is 12.6. The van der Waals surface area contributed by atoms with Gasteiger partial charge in [-0.3, -0.25) is 14.8 Å². The van der Waals surface area contributed by atoms with Crippen LogP contribution in [0.3, 0.4) is 0 Å². The minimum absolute atomic E-state index is 0.134. The van der Waals surface area contributed by atoms with Crippen molar-refractivity contribution in [2.24, 2.45) is 0 Å². The molecule has 9 nitrogen and oxygen atoms in total. The second kappa shape index (κ2) is 8.78. The van der Waals surface area contributed by atoms with E-state index in [1.807, 2.05) is 13.8 Å². The summed E-state index contributed by atoms with van der Waals surface area (Å²) < 4.78 is 33.3. The number of hydrogen-bond acceptors (Lipinski definition) is 7. The molecule has 0 bridgehead atoms. The molecule has 3 aromatic rings. The van der Waals surface area contributed by atoms with Crippen molar-refractivity contribution in [2.75, 3.05) is 16.6 Å². The number of ether oxygens (including phenoxy) is 1. The van der Waals surface area contributed by atoms with Gasteiger partial charge < -0.3 is 10.1 Å². The molecule has 0 radical (unpaired) electrons. The van der Waals surface area contributed by atoms with Crippen LogP contribution in [-0.4, -0.2) is 24.9 Å². The highest BCUT2D eigenvalue weighted by Crippen LogP contribution is 2.30. The van der Waals surface area contributed by atoms with Crippen molar-refractivity contribution in [2.45, 2.75) is 18.7 Å². The fourth-order valence-electron chi connectivity index (χ4n) is 2.64. The van der Waals surface area contributed by atoms with Gasteiger partial charge >= 0.3 is 5.69 Å². The van der Waals surface area contributed by atoms with E-state index < -0.39 is 14.9 Å². The van der Waals surface area contributed by atoms with Crippen molar-refractivity contribution in [1.29, 1.82) is 0 Å². The Kier molecular flexibility index (Phi) is 6.17. The van der Waals surface area contributed by atoms with E-state index in [-0.39, 0.29) is 22.2 Å². The average molecular weight is 428 g/mol. The van der Waals surface area contributed by atoms with Crippen LogP contribution >= 0.6 is 0 Å². The minimum atomic E-state index is -3.76. The van der Waals surface area contributed by atoms with Gasteiger partial charge in [-0.25, -0.2) is 13.4 Å². The SMILES string of the molecule is CCNc1cc(Oc2cccc(NS(=O)(=O)c3ccc(C)cc3)c2)ncc1[N+](=O)[O-]. The number of sulfonamides is 1. The van der Waals surface area contributed by atoms with E-state index in [1.165, 1.54) is 24.3 Å². The van der Waals surface area contributed by atoms with E-state index in [4.69, 9.17) is 4.74 Å². The lowest BCUT2D eigenvalue weighted by Crippen LogP contribution is -2.12. The molecule has 0 aliphatic carbocycles. The van der Waals surface area contributed by atoms with Gasteiger partial charge in [0, 0.05) is 18.7 Å². The Morgan fingerprint density at radius 2 is 1.87 bits per heavy atom. The molecule has 10 heteroatoms. The number of pyridine rings is 1. The Morgan fingerprint density at radius 3 is 2.53 bits per heavy atom. The zero-order chi connectivity index (χ0) is 21.7. The zero-order valence-corrected chi connectivity index (χ0v) is 17.1. The predicted octanol–water partition coefficient (Wildman–Crippen LogP) is 4.32. The van der Waals surface area contributed by atoms with Crippen LogP contribution in [0.5, 0.6) is 11.6 Å². The van der Waals surface area contributed by atoms with Gasteiger partial charge in [-0.15, -0.1) is 0 Å². The maximum atomic E-state index is 12.6. The molecule has 0 fully saturated rings. The molecular formula is C20H20N4O5S. The third-order valence-electron chi connectivity index (χ3n) is 4.06. The lowest BCUT2D eigenvalue weighted by molar-refractivity contribution is -0.384. The third-order valence-corrected chi connectivity index (χ3v) is 5.46. The van der Waals surface area contributed by atoms with Gasteiger partial charge in [-0.05, 0) is 38.1 Å². The highest BCUT2D eigenvalue weighted by molar-refractivity contribution is 7.92. The lowest BCUT2D eigenvalue weighted by Gasteiger charge is -2.11. The van der Waals surface area contributed by atoms with E-state index in [2.05, 4.69) is 15.0 Å². The minimum Gasteiger partial charge on any atom is -0.439 e. The highest BCUT2D eigenvalue weighted by atomic mass is 32.2. The Hall–Kier alpha value is -3.66. The van der Waals surface area contributed by atoms with Gasteiger partial charge in [-0.2, -0.15) is 0 Å². The second-order valence-corrected chi connectivity index (χ2v) is 8.06. The number of benzene rings is 2. The molecule has 0 saturated heterocycles. The number of anilines is 2. The van der Waals surface area contributed by atoms with Crippen LogP contribution in [0.15, 0.2) is 65.7 Å². The summed E-state index contributed by atoms with van der Waals surface area (Å²) >= 11 is 0. The fraction of sp³-hybridized carbons (Fsp3) is 0.150. The van der Waals surface area contributed by atoms with Gasteiger partial charge in [0.15, 0.2) is 0 Å². The Morgan fingerprint density at radius 1 is 1.13 bits per heavy atom. The van der Waals surface area contributed by atoms with E-state index in [0.717, 1.165) is 11.8 Å². The first-order valence-electron chi connectivity index (χ1n) is 9.04. The molecule has 2 aromatic carbocycles. The summed E-state index contributed by atoms with van der Waals surface area (Å²) in [5.74, 6) is 0.456. The molecule has 2 N–H and O–H groups in total. The number of nitrogens with zero attached hydrogens (tertiary/aromatic N) is 2. The van der Waals surface area contributed by atoms with Crippen LogP contribution < -0.4 is 14.8 Å². The summed E-state index contributed by atoms with van der Waals surface area (Å²) in [5.41, 5.74) is 1.38. The molecule has 3 rings (SSSR count). The van der Waals surface area contributed by atoms with Crippen LogP contribution in [0, 0.1) is 17.0 Å². The number of nitro groups is 1. The van der Waals surface area contributed by atoms with Crippen LogP contribution in [0.4, 0.5) is 17.1 Å². The van der Waals surface area contributed by atoms with Crippen LogP contribution in [0.1, 0.15) is 12.5 Å². The summed E-state index contributed by atoms with van der Waals surface area (Å²) in [6, 6.07) is 14.3. The molecule has 0 aliphatic rings. The number of nitrogens with one attached hydrogen (secondary N) is 2. The van der Waals surface area contributed by atoms with E-state index in [9.17, 15) is 18.5 Å². The smallest absolute Gasteiger partial charge is 0.310 e. The largest absolute Gasteiger partial charge is 0.439 e. The number of aromatic nitrogens is 1. The zero-order valence-electron chi connectivity index (χ0n) is 16.3. The average Bonchev–Trinajstić information content (AvgIpc) is 2.68. The van der Waals surface area contributed by atoms with Gasteiger partial charge in [0.2, 0.25) is 5.88 Å². The van der Waals surface area contributed by atoms with Crippen molar-refractivity contribution in [3.63, 3.8) is 0 Å². The van der Waals surface area contributed by atoms with Crippen molar-refractivity contribution >= 4 is 27.1 Å². The summed E-state index contributed by atoms with van der Waals surface area (Å²) in [5, 5.41) is 14.0. The van der Waals surface area contributed by atoms with E-state index in [1.54, 1.807) is 30.3 Å². The lowest BCUT2D eigenvalue weighted by atomic mass is 10.2. The number of rotatable bonds is 8. The summed E-state index contributed by atoms with van der Waals surface area (Å²) in [6.45, 7) is 4.17. The normalized spacial score (nSPS) is 11.0. The molecule has 0 saturated carbocycles. The molecule has 0 aliphatic heterocycles. The van der Waals surface area contributed by atoms with E-state index in [0.29, 0.717) is 18.0 Å². The van der Waals surface area contributed by atoms with Gasteiger partial charge in [0.25, 0.3) is 10.0 Å². The van der Waals surface area contributed by atoms with Gasteiger partial charge in [-0.1, -0.05) is 23.8 Å². The first-order chi connectivity index (χ1) is 14.3. The Labute approximate surface area is 173 Å².